The number of benzene rings is 1. The van der Waals surface area contributed by atoms with E-state index in [4.69, 9.17) is 0 Å². The van der Waals surface area contributed by atoms with Crippen LogP contribution in [0.25, 0.3) is 5.57 Å². The number of ketones is 3. The van der Waals surface area contributed by atoms with Crippen LogP contribution in [0.5, 0.6) is 0 Å². The van der Waals surface area contributed by atoms with Crippen LogP contribution in [-0.2, 0) is 16.0 Å². The molecule has 0 spiro atoms. The zero-order valence-electron chi connectivity index (χ0n) is 31.7. The Labute approximate surface area is 288 Å². The topological polar surface area (TPSA) is 51.2 Å². The van der Waals surface area contributed by atoms with Gasteiger partial charge in [-0.15, -0.1) is 0 Å². The van der Waals surface area contributed by atoms with Gasteiger partial charge in [0.1, 0.15) is 11.6 Å². The third-order valence-corrected chi connectivity index (χ3v) is 11.2. The lowest BCUT2D eigenvalue weighted by Crippen LogP contribution is -2.30. The van der Waals surface area contributed by atoms with Gasteiger partial charge in [0.05, 0.1) is 6.42 Å². The number of hydrogen-bond acceptors (Lipinski definition) is 3. The molecule has 0 aliphatic heterocycles. The maximum atomic E-state index is 14.0. The monoisotopic (exact) mass is 645 g/mol. The van der Waals surface area contributed by atoms with Crippen molar-refractivity contribution in [1.82, 2.24) is 0 Å². The van der Waals surface area contributed by atoms with E-state index in [2.05, 4.69) is 73.6 Å². The standard InChI is InChI=1S/C41H60O3.C3H8/c1-8-11-29-13-15-30(16-14-29)20-31-17-18-34(21-31)37-25-36(26(4)5)38-23-32(24-40(44)41(38)28(37)7)22-33(12-9-2)35(10-3)39(43)19-27(6)42;1-3-2/h17-18,25-26,29-30,32-33,35H,8-16,19-24H2,1-7H3;3H2,1-2H3. The second-order valence-corrected chi connectivity index (χ2v) is 15.8. The largest absolute Gasteiger partial charge is 0.300 e. The quantitative estimate of drug-likeness (QED) is 0.179. The minimum absolute atomic E-state index is 0.0388. The van der Waals surface area contributed by atoms with Crippen LogP contribution in [0.4, 0.5) is 0 Å². The summed E-state index contributed by atoms with van der Waals surface area (Å²) in [4.78, 5) is 38.8. The predicted molar refractivity (Wildman–Crippen MR) is 200 cm³/mol. The summed E-state index contributed by atoms with van der Waals surface area (Å²) >= 11 is 0. The van der Waals surface area contributed by atoms with Crippen LogP contribution < -0.4 is 0 Å². The van der Waals surface area contributed by atoms with E-state index >= 15 is 0 Å². The first-order chi connectivity index (χ1) is 22.5. The van der Waals surface area contributed by atoms with E-state index < -0.39 is 0 Å². The van der Waals surface area contributed by atoms with Crippen LogP contribution in [0.2, 0.25) is 0 Å². The molecule has 0 aromatic heterocycles. The molecular formula is C44H68O3. The van der Waals surface area contributed by atoms with Gasteiger partial charge in [0.15, 0.2) is 5.78 Å². The normalized spacial score (nSPS) is 22.2. The van der Waals surface area contributed by atoms with Crippen molar-refractivity contribution in [3.05, 3.63) is 51.6 Å². The summed E-state index contributed by atoms with van der Waals surface area (Å²) in [5.74, 6) is 2.84. The summed E-state index contributed by atoms with van der Waals surface area (Å²) in [6, 6.07) is 2.42. The van der Waals surface area contributed by atoms with Gasteiger partial charge < -0.3 is 0 Å². The predicted octanol–water partition coefficient (Wildman–Crippen LogP) is 12.4. The molecule has 3 atom stereocenters. The average Bonchev–Trinajstić information content (AvgIpc) is 3.46. The minimum Gasteiger partial charge on any atom is -0.300 e. The molecule has 3 heteroatoms. The van der Waals surface area contributed by atoms with Crippen molar-refractivity contribution in [3.8, 4) is 0 Å². The molecule has 3 unspecified atom stereocenters. The van der Waals surface area contributed by atoms with Crippen LogP contribution in [-0.4, -0.2) is 17.3 Å². The Bertz CT molecular complexity index is 1270. The molecule has 0 heterocycles. The molecule has 1 aromatic rings. The zero-order valence-corrected chi connectivity index (χ0v) is 31.7. The van der Waals surface area contributed by atoms with E-state index in [0.717, 1.165) is 55.9 Å². The molecule has 262 valence electrons. The summed E-state index contributed by atoms with van der Waals surface area (Å²) in [5.41, 5.74) is 8.97. The summed E-state index contributed by atoms with van der Waals surface area (Å²) in [5, 5.41) is 0. The van der Waals surface area contributed by atoms with Gasteiger partial charge in [-0.05, 0) is 116 Å². The van der Waals surface area contributed by atoms with Gasteiger partial charge in [0, 0.05) is 17.9 Å². The first-order valence-corrected chi connectivity index (χ1v) is 19.6. The highest BCUT2D eigenvalue weighted by molar-refractivity contribution is 6.02. The summed E-state index contributed by atoms with van der Waals surface area (Å²) in [7, 11) is 0. The maximum absolute atomic E-state index is 14.0. The highest BCUT2D eigenvalue weighted by Crippen LogP contribution is 2.44. The number of rotatable bonds is 15. The summed E-state index contributed by atoms with van der Waals surface area (Å²) in [6.07, 6.45) is 21.7. The molecule has 1 saturated carbocycles. The lowest BCUT2D eigenvalue weighted by molar-refractivity contribution is -0.129. The van der Waals surface area contributed by atoms with E-state index in [0.29, 0.717) is 12.3 Å². The lowest BCUT2D eigenvalue weighted by Gasteiger charge is -2.34. The fourth-order valence-electron chi connectivity index (χ4n) is 9.09. The summed E-state index contributed by atoms with van der Waals surface area (Å²) in [6.45, 7) is 19.0. The molecule has 3 nitrogen and oxygen atoms in total. The molecular weight excluding hydrogens is 576 g/mol. The van der Waals surface area contributed by atoms with Crippen LogP contribution in [0.3, 0.4) is 0 Å². The van der Waals surface area contributed by atoms with E-state index in [1.165, 1.54) is 86.1 Å². The molecule has 4 rings (SSSR count). The van der Waals surface area contributed by atoms with Crippen molar-refractivity contribution in [1.29, 1.82) is 0 Å². The van der Waals surface area contributed by atoms with Gasteiger partial charge >= 0.3 is 0 Å². The van der Waals surface area contributed by atoms with Crippen LogP contribution in [0.15, 0.2) is 23.8 Å². The Hall–Kier alpha value is -2.29. The highest BCUT2D eigenvalue weighted by atomic mass is 16.1. The van der Waals surface area contributed by atoms with Crippen LogP contribution >= 0.6 is 0 Å². The average molecular weight is 645 g/mol. The maximum Gasteiger partial charge on any atom is 0.163 e. The van der Waals surface area contributed by atoms with Gasteiger partial charge in [-0.1, -0.05) is 117 Å². The zero-order chi connectivity index (χ0) is 34.7. The third kappa shape index (κ3) is 10.6. The number of carbonyl (C=O) groups is 3. The van der Waals surface area contributed by atoms with Crippen molar-refractivity contribution < 1.29 is 14.4 Å². The number of Topliss-reactive ketones (excluding diaryl/α,β-unsaturated/α-hetero) is 3. The van der Waals surface area contributed by atoms with Gasteiger partial charge in [0.25, 0.3) is 0 Å². The van der Waals surface area contributed by atoms with Gasteiger partial charge in [-0.3, -0.25) is 14.4 Å². The SMILES string of the molecule is CCC.CCCC1CCC(CC2=CC=C(c3cc(C(C)C)c4c(c3C)C(=O)CC(CC(CCC)C(CC)C(=O)CC(C)=O)C4)C2)CC1. The van der Waals surface area contributed by atoms with E-state index in [1.807, 2.05) is 0 Å². The molecule has 1 aromatic carbocycles. The molecule has 3 aliphatic carbocycles. The summed E-state index contributed by atoms with van der Waals surface area (Å²) < 4.78 is 0. The van der Waals surface area contributed by atoms with E-state index in [1.54, 1.807) is 5.57 Å². The second-order valence-electron chi connectivity index (χ2n) is 15.8. The number of hydrogen-bond donors (Lipinski definition) is 0. The first-order valence-electron chi connectivity index (χ1n) is 19.6. The Kier molecular flexibility index (Phi) is 15.9. The highest BCUT2D eigenvalue weighted by Gasteiger charge is 2.35. The van der Waals surface area contributed by atoms with Crippen molar-refractivity contribution in [2.75, 3.05) is 0 Å². The number of fused-ring (bicyclic) bond motifs is 1. The van der Waals surface area contributed by atoms with E-state index in [-0.39, 0.29) is 41.5 Å². The van der Waals surface area contributed by atoms with Gasteiger partial charge in [-0.2, -0.15) is 0 Å². The minimum atomic E-state index is -0.0913. The van der Waals surface area contributed by atoms with Crippen molar-refractivity contribution in [2.45, 2.75) is 171 Å². The molecule has 0 saturated heterocycles. The van der Waals surface area contributed by atoms with Crippen LogP contribution in [0, 0.1) is 36.5 Å². The Balaban J connectivity index is 0.00000192. The Morgan fingerprint density at radius 1 is 0.894 bits per heavy atom. The fourth-order valence-corrected chi connectivity index (χ4v) is 9.09. The molecule has 0 radical (unpaired) electrons. The Morgan fingerprint density at radius 2 is 1.55 bits per heavy atom. The third-order valence-electron chi connectivity index (χ3n) is 11.2. The van der Waals surface area contributed by atoms with Crippen molar-refractivity contribution >= 4 is 22.9 Å². The molecule has 1 fully saturated rings. The van der Waals surface area contributed by atoms with Crippen molar-refractivity contribution in [2.24, 2.45) is 29.6 Å². The first kappa shape index (κ1) is 39.2. The Morgan fingerprint density at radius 3 is 2.13 bits per heavy atom. The molecule has 0 N–H and O–H groups in total. The fraction of sp³-hybridized carbons (Fsp3) is 0.705. The molecule has 0 bridgehead atoms. The van der Waals surface area contributed by atoms with E-state index in [9.17, 15) is 14.4 Å². The molecule has 0 amide bonds. The van der Waals surface area contributed by atoms with Crippen LogP contribution in [0.1, 0.15) is 190 Å². The second kappa shape index (κ2) is 19.0. The number of allylic oxidation sites excluding steroid dienone is 4. The number of carbonyl (C=O) groups excluding carboxylic acids is 3. The van der Waals surface area contributed by atoms with Gasteiger partial charge in [0.2, 0.25) is 0 Å². The smallest absolute Gasteiger partial charge is 0.163 e. The van der Waals surface area contributed by atoms with Crippen molar-refractivity contribution in [3.63, 3.8) is 0 Å². The molecule has 47 heavy (non-hydrogen) atoms. The molecule has 3 aliphatic rings. The lowest BCUT2D eigenvalue weighted by atomic mass is 9.70. The van der Waals surface area contributed by atoms with Gasteiger partial charge in [-0.25, -0.2) is 0 Å².